The molecule has 192 valence electrons. The molecule has 2 heterocycles. The Kier molecular flexibility index (Phi) is 7.89. The topological polar surface area (TPSA) is 78.5 Å². The van der Waals surface area contributed by atoms with Gasteiger partial charge in [0.25, 0.3) is 5.91 Å². The van der Waals surface area contributed by atoms with E-state index < -0.39 is 12.0 Å². The van der Waals surface area contributed by atoms with Gasteiger partial charge in [-0.05, 0) is 69.4 Å². The first-order valence-electron chi connectivity index (χ1n) is 13.0. The molecule has 1 unspecified atom stereocenters. The smallest absolute Gasteiger partial charge is 0.255 e. The highest BCUT2D eigenvalue weighted by atomic mass is 19.3. The van der Waals surface area contributed by atoms with Crippen LogP contribution in [0, 0.1) is 12.8 Å². The number of rotatable bonds is 3. The van der Waals surface area contributed by atoms with Gasteiger partial charge in [-0.25, -0.2) is 8.78 Å². The number of carbonyl (C=O) groups excluding carboxylic acids is 3. The summed E-state index contributed by atoms with van der Waals surface area (Å²) in [5.41, 5.74) is 2.71. The highest BCUT2D eigenvalue weighted by Crippen LogP contribution is 2.34. The second-order valence-corrected chi connectivity index (χ2v) is 10.8. The fraction of sp³-hybridized carbons (Fsp3) is 0.667. The molecule has 2 aliphatic heterocycles. The maximum absolute atomic E-state index is 13.0. The quantitative estimate of drug-likeness (QED) is 0.614. The molecule has 35 heavy (non-hydrogen) atoms. The van der Waals surface area contributed by atoms with E-state index in [1.54, 1.807) is 11.0 Å². The summed E-state index contributed by atoms with van der Waals surface area (Å²) in [5.74, 6) is -2.28. The van der Waals surface area contributed by atoms with E-state index in [4.69, 9.17) is 0 Å². The van der Waals surface area contributed by atoms with Crippen LogP contribution in [0.4, 0.5) is 8.78 Å². The summed E-state index contributed by atoms with van der Waals surface area (Å²) in [6, 6.07) is 6.08. The van der Waals surface area contributed by atoms with Crippen molar-refractivity contribution in [3.05, 3.63) is 34.9 Å². The lowest BCUT2D eigenvalue weighted by molar-refractivity contribution is -0.136. The highest BCUT2D eigenvalue weighted by Gasteiger charge is 2.39. The lowest BCUT2D eigenvalue weighted by Gasteiger charge is -2.34. The lowest BCUT2D eigenvalue weighted by Crippen LogP contribution is -2.52. The Labute approximate surface area is 206 Å². The molecule has 6 nitrogen and oxygen atoms in total. The third-order valence-corrected chi connectivity index (χ3v) is 7.88. The number of fused-ring (bicyclic) bond motifs is 1. The summed E-state index contributed by atoms with van der Waals surface area (Å²) >= 11 is 0. The minimum Gasteiger partial charge on any atom is -0.322 e. The number of hydrogen-bond acceptors (Lipinski definition) is 4. The number of nitrogens with zero attached hydrogens (tertiary/aromatic N) is 1. The first-order chi connectivity index (χ1) is 16.6. The van der Waals surface area contributed by atoms with Gasteiger partial charge < -0.3 is 10.2 Å². The van der Waals surface area contributed by atoms with Crippen molar-refractivity contribution in [2.45, 2.75) is 109 Å². The molecule has 1 atom stereocenters. The molecule has 3 amide bonds. The second-order valence-electron chi connectivity index (χ2n) is 10.8. The van der Waals surface area contributed by atoms with Crippen molar-refractivity contribution in [3.8, 4) is 0 Å². The van der Waals surface area contributed by atoms with Gasteiger partial charge in [-0.1, -0.05) is 24.6 Å². The largest absolute Gasteiger partial charge is 0.322 e. The number of benzene rings is 1. The van der Waals surface area contributed by atoms with Crippen LogP contribution in [0.2, 0.25) is 0 Å². The zero-order chi connectivity index (χ0) is 25.2. The first-order valence-corrected chi connectivity index (χ1v) is 13.0. The van der Waals surface area contributed by atoms with E-state index in [1.165, 1.54) is 25.7 Å². The number of hydrogen-bond donors (Lipinski definition) is 2. The number of halogens is 2. The van der Waals surface area contributed by atoms with Gasteiger partial charge >= 0.3 is 0 Å². The molecular weight excluding hydrogens is 452 g/mol. The Bertz CT molecular complexity index is 949. The van der Waals surface area contributed by atoms with E-state index in [-0.39, 0.29) is 37.0 Å². The number of aryl methyl sites for hydroxylation is 1. The zero-order valence-electron chi connectivity index (χ0n) is 20.7. The van der Waals surface area contributed by atoms with Crippen LogP contribution in [0.3, 0.4) is 0 Å². The molecule has 0 bridgehead atoms. The summed E-state index contributed by atoms with van der Waals surface area (Å²) in [5, 5.41) is 5.88. The molecule has 2 N–H and O–H groups in total. The number of alkyl halides is 2. The van der Waals surface area contributed by atoms with Crippen LogP contribution in [0.15, 0.2) is 18.2 Å². The van der Waals surface area contributed by atoms with Gasteiger partial charge in [0.15, 0.2) is 0 Å². The van der Waals surface area contributed by atoms with Gasteiger partial charge in [0, 0.05) is 43.5 Å². The van der Waals surface area contributed by atoms with Crippen LogP contribution >= 0.6 is 0 Å². The van der Waals surface area contributed by atoms with Crippen molar-refractivity contribution in [2.75, 3.05) is 0 Å². The Balaban J connectivity index is 0.000000168. The number of imide groups is 1. The number of carbonyl (C=O) groups is 3. The molecule has 1 saturated heterocycles. The minimum atomic E-state index is -2.39. The predicted octanol–water partition coefficient (Wildman–Crippen LogP) is 4.49. The fourth-order valence-electron chi connectivity index (χ4n) is 5.67. The van der Waals surface area contributed by atoms with E-state index in [1.807, 2.05) is 19.1 Å². The predicted molar refractivity (Wildman–Crippen MR) is 129 cm³/mol. The SMILES string of the molecule is CC1CCC(NC2CCC(F)(F)CC2)CC1.Cc1ccc2c(c1)CN(C1CCC(=O)NC1=O)C2=O. The third-order valence-electron chi connectivity index (χ3n) is 7.88. The van der Waals surface area contributed by atoms with Crippen LogP contribution in [-0.2, 0) is 16.1 Å². The molecule has 1 aromatic rings. The van der Waals surface area contributed by atoms with Crippen LogP contribution in [0.1, 0.15) is 92.6 Å². The molecule has 2 saturated carbocycles. The number of piperidine rings is 1. The molecule has 4 aliphatic rings. The molecule has 3 fully saturated rings. The lowest BCUT2D eigenvalue weighted by atomic mass is 9.85. The van der Waals surface area contributed by atoms with Gasteiger partial charge in [-0.3, -0.25) is 19.7 Å². The average Bonchev–Trinajstić information content (AvgIpc) is 3.12. The Morgan fingerprint density at radius 1 is 0.971 bits per heavy atom. The monoisotopic (exact) mass is 489 g/mol. The summed E-state index contributed by atoms with van der Waals surface area (Å²) in [7, 11) is 0. The summed E-state index contributed by atoms with van der Waals surface area (Å²) in [4.78, 5) is 36.8. The molecule has 0 spiro atoms. The third kappa shape index (κ3) is 6.46. The van der Waals surface area contributed by atoms with Crippen LogP contribution in [0.25, 0.3) is 0 Å². The summed E-state index contributed by atoms with van der Waals surface area (Å²) in [6.45, 7) is 4.72. The molecule has 5 rings (SSSR count). The van der Waals surface area contributed by atoms with E-state index in [0.717, 1.165) is 17.0 Å². The highest BCUT2D eigenvalue weighted by molar-refractivity contribution is 6.05. The van der Waals surface area contributed by atoms with Crippen molar-refractivity contribution in [2.24, 2.45) is 5.92 Å². The average molecular weight is 490 g/mol. The van der Waals surface area contributed by atoms with Gasteiger partial charge in [0.2, 0.25) is 17.7 Å². The van der Waals surface area contributed by atoms with E-state index >= 15 is 0 Å². The first kappa shape index (κ1) is 25.7. The Morgan fingerprint density at radius 2 is 1.63 bits per heavy atom. The summed E-state index contributed by atoms with van der Waals surface area (Å²) < 4.78 is 26.0. The zero-order valence-corrected chi connectivity index (χ0v) is 20.7. The van der Waals surface area contributed by atoms with Crippen molar-refractivity contribution in [1.82, 2.24) is 15.5 Å². The second kappa shape index (κ2) is 10.7. The van der Waals surface area contributed by atoms with Crippen LogP contribution in [-0.4, -0.2) is 46.7 Å². The fourth-order valence-corrected chi connectivity index (χ4v) is 5.67. The van der Waals surface area contributed by atoms with Gasteiger partial charge in [-0.2, -0.15) is 0 Å². The molecule has 0 radical (unpaired) electrons. The van der Waals surface area contributed by atoms with E-state index in [2.05, 4.69) is 17.6 Å². The Hall–Kier alpha value is -2.35. The number of nitrogens with one attached hydrogen (secondary N) is 2. The number of amides is 3. The molecule has 1 aromatic carbocycles. The van der Waals surface area contributed by atoms with Crippen molar-refractivity contribution >= 4 is 17.7 Å². The van der Waals surface area contributed by atoms with E-state index in [0.29, 0.717) is 43.5 Å². The normalized spacial score (nSPS) is 28.7. The van der Waals surface area contributed by atoms with Crippen LogP contribution < -0.4 is 10.6 Å². The van der Waals surface area contributed by atoms with Crippen molar-refractivity contribution in [3.63, 3.8) is 0 Å². The molecular formula is C27H37F2N3O3. The van der Waals surface area contributed by atoms with Gasteiger partial charge in [0.05, 0.1) is 0 Å². The van der Waals surface area contributed by atoms with E-state index in [9.17, 15) is 23.2 Å². The van der Waals surface area contributed by atoms with Gasteiger partial charge in [0.1, 0.15) is 6.04 Å². The maximum atomic E-state index is 13.0. The maximum Gasteiger partial charge on any atom is 0.255 e. The van der Waals surface area contributed by atoms with Crippen molar-refractivity contribution < 1.29 is 23.2 Å². The summed E-state index contributed by atoms with van der Waals surface area (Å²) in [6.07, 6.45) is 7.20. The van der Waals surface area contributed by atoms with Crippen LogP contribution in [0.5, 0.6) is 0 Å². The standard InChI is InChI=1S/C14H14N2O3.C13H23F2N/c1-8-2-3-10-9(6-8)7-16(14(10)19)11-4-5-12(17)15-13(11)18;1-10-2-4-11(5-3-10)16-12-6-8-13(14,15)9-7-12/h2-3,6,11H,4-5,7H2,1H3,(H,15,17,18);10-12,16H,2-9H2,1H3. The molecule has 0 aromatic heterocycles. The van der Waals surface area contributed by atoms with Crippen molar-refractivity contribution in [1.29, 1.82) is 0 Å². The molecule has 2 aliphatic carbocycles. The minimum absolute atomic E-state index is 0.0772. The van der Waals surface area contributed by atoms with Gasteiger partial charge in [-0.15, -0.1) is 0 Å². The molecule has 8 heteroatoms. The Morgan fingerprint density at radius 3 is 2.29 bits per heavy atom.